The number of hydrogen-bond acceptors (Lipinski definition) is 2. The molecule has 0 bridgehead atoms. The molecule has 3 heteroatoms. The van der Waals surface area contributed by atoms with Crippen molar-refractivity contribution < 1.29 is 4.79 Å². The first kappa shape index (κ1) is 19.2. The summed E-state index contributed by atoms with van der Waals surface area (Å²) in [5, 5.41) is 3.16. The van der Waals surface area contributed by atoms with Gasteiger partial charge in [-0.1, -0.05) is 68.4 Å². The van der Waals surface area contributed by atoms with Crippen LogP contribution in [0.15, 0.2) is 54.6 Å². The summed E-state index contributed by atoms with van der Waals surface area (Å²) in [5.41, 5.74) is 3.65. The molecule has 2 atom stereocenters. The highest BCUT2D eigenvalue weighted by Crippen LogP contribution is 2.21. The van der Waals surface area contributed by atoms with Crippen LogP contribution in [0, 0.1) is 0 Å². The first-order valence-corrected chi connectivity index (χ1v) is 9.14. The fourth-order valence-electron chi connectivity index (χ4n) is 3.15. The van der Waals surface area contributed by atoms with E-state index in [0.717, 1.165) is 18.4 Å². The van der Waals surface area contributed by atoms with Gasteiger partial charge in [-0.3, -0.25) is 4.79 Å². The molecule has 134 valence electrons. The lowest BCUT2D eigenvalue weighted by molar-refractivity contribution is -0.122. The average molecular weight is 338 g/mol. The van der Waals surface area contributed by atoms with Gasteiger partial charge in [-0.2, -0.15) is 0 Å². The number of aryl methyl sites for hydroxylation is 1. The summed E-state index contributed by atoms with van der Waals surface area (Å²) in [5.74, 6) is 0.0113. The molecular weight excluding hydrogens is 308 g/mol. The minimum absolute atomic E-state index is 0.0912. The number of benzene rings is 2. The lowest BCUT2D eigenvalue weighted by atomic mass is 9.95. The third-order valence-corrected chi connectivity index (χ3v) is 4.79. The highest BCUT2D eigenvalue weighted by Gasteiger charge is 2.21. The van der Waals surface area contributed by atoms with Crippen molar-refractivity contribution >= 4 is 5.91 Å². The molecule has 0 aliphatic rings. The topological polar surface area (TPSA) is 32.3 Å². The van der Waals surface area contributed by atoms with E-state index in [1.165, 1.54) is 11.1 Å². The number of carbonyl (C=O) groups is 1. The number of nitrogens with zero attached hydrogens (tertiary/aromatic N) is 1. The molecule has 25 heavy (non-hydrogen) atoms. The predicted molar refractivity (Wildman–Crippen MR) is 105 cm³/mol. The van der Waals surface area contributed by atoms with E-state index in [-0.39, 0.29) is 17.9 Å². The zero-order chi connectivity index (χ0) is 18.2. The summed E-state index contributed by atoms with van der Waals surface area (Å²) in [6.45, 7) is 4.83. The highest BCUT2D eigenvalue weighted by molar-refractivity contribution is 5.83. The van der Waals surface area contributed by atoms with E-state index >= 15 is 0 Å². The van der Waals surface area contributed by atoms with E-state index < -0.39 is 0 Å². The molecule has 0 aliphatic carbocycles. The third-order valence-electron chi connectivity index (χ3n) is 4.79. The number of amides is 1. The Balaban J connectivity index is 2.05. The monoisotopic (exact) mass is 338 g/mol. The van der Waals surface area contributed by atoms with Crippen molar-refractivity contribution in [3.8, 4) is 0 Å². The second-order valence-electron chi connectivity index (χ2n) is 6.69. The molecule has 0 saturated carbocycles. The van der Waals surface area contributed by atoms with Crippen molar-refractivity contribution in [3.63, 3.8) is 0 Å². The molecule has 3 nitrogen and oxygen atoms in total. The normalized spacial score (nSPS) is 13.5. The summed E-state index contributed by atoms with van der Waals surface area (Å²) in [6, 6.07) is 18.9. The Morgan fingerprint density at radius 1 is 0.960 bits per heavy atom. The SMILES string of the molecule is CCc1ccc(C(CNC(=O)C(CC)c2ccccc2)N(C)C)cc1. The van der Waals surface area contributed by atoms with Gasteiger partial charge in [0.1, 0.15) is 0 Å². The van der Waals surface area contributed by atoms with Gasteiger partial charge < -0.3 is 10.2 Å². The lowest BCUT2D eigenvalue weighted by Crippen LogP contribution is -2.37. The van der Waals surface area contributed by atoms with E-state index in [9.17, 15) is 4.79 Å². The maximum Gasteiger partial charge on any atom is 0.227 e. The average Bonchev–Trinajstić information content (AvgIpc) is 2.63. The minimum Gasteiger partial charge on any atom is -0.354 e. The molecular formula is C22H30N2O. The molecule has 0 fully saturated rings. The second kappa shape index (κ2) is 9.38. The van der Waals surface area contributed by atoms with E-state index in [1.54, 1.807) is 0 Å². The van der Waals surface area contributed by atoms with Crippen LogP contribution < -0.4 is 5.32 Å². The van der Waals surface area contributed by atoms with Gasteiger partial charge in [-0.15, -0.1) is 0 Å². The molecule has 1 N–H and O–H groups in total. The van der Waals surface area contributed by atoms with Gasteiger partial charge >= 0.3 is 0 Å². The number of nitrogens with one attached hydrogen (secondary N) is 1. The molecule has 2 aromatic rings. The Bertz CT molecular complexity index is 649. The Morgan fingerprint density at radius 2 is 1.60 bits per heavy atom. The van der Waals surface area contributed by atoms with Crippen molar-refractivity contribution in [2.24, 2.45) is 0 Å². The molecule has 2 rings (SSSR count). The largest absolute Gasteiger partial charge is 0.354 e. The number of hydrogen-bond donors (Lipinski definition) is 1. The van der Waals surface area contributed by atoms with Crippen LogP contribution in [-0.2, 0) is 11.2 Å². The summed E-state index contributed by atoms with van der Waals surface area (Å²) < 4.78 is 0. The Hall–Kier alpha value is -2.13. The molecule has 0 aliphatic heterocycles. The zero-order valence-corrected chi connectivity index (χ0v) is 15.8. The first-order valence-electron chi connectivity index (χ1n) is 9.14. The van der Waals surface area contributed by atoms with Crippen LogP contribution in [0.3, 0.4) is 0 Å². The van der Waals surface area contributed by atoms with E-state index in [2.05, 4.69) is 62.4 Å². The third kappa shape index (κ3) is 5.17. The van der Waals surface area contributed by atoms with E-state index in [1.807, 2.05) is 30.3 Å². The zero-order valence-electron chi connectivity index (χ0n) is 15.8. The smallest absolute Gasteiger partial charge is 0.227 e. The van der Waals surface area contributed by atoms with Crippen molar-refractivity contribution in [1.82, 2.24) is 10.2 Å². The van der Waals surface area contributed by atoms with Crippen molar-refractivity contribution in [2.45, 2.75) is 38.6 Å². The van der Waals surface area contributed by atoms with Gasteiger partial charge in [-0.25, -0.2) is 0 Å². The van der Waals surface area contributed by atoms with Crippen LogP contribution in [0.4, 0.5) is 0 Å². The lowest BCUT2D eigenvalue weighted by Gasteiger charge is -2.26. The number of carbonyl (C=O) groups excluding carboxylic acids is 1. The summed E-state index contributed by atoms with van der Waals surface area (Å²) in [6.07, 6.45) is 1.84. The minimum atomic E-state index is -0.0912. The summed E-state index contributed by atoms with van der Waals surface area (Å²) in [4.78, 5) is 14.9. The Morgan fingerprint density at radius 3 is 2.12 bits per heavy atom. The summed E-state index contributed by atoms with van der Waals surface area (Å²) in [7, 11) is 4.11. The molecule has 0 spiro atoms. The molecule has 0 aromatic heterocycles. The number of likely N-dealkylation sites (N-methyl/N-ethyl adjacent to an activating group) is 1. The Kier molecular flexibility index (Phi) is 7.20. The molecule has 0 saturated heterocycles. The molecule has 2 unspecified atom stereocenters. The van der Waals surface area contributed by atoms with Crippen molar-refractivity contribution in [3.05, 3.63) is 71.3 Å². The van der Waals surface area contributed by atoms with E-state index in [0.29, 0.717) is 6.54 Å². The molecule has 1 amide bonds. The quantitative estimate of drug-likeness (QED) is 0.784. The van der Waals surface area contributed by atoms with Gasteiger partial charge in [0, 0.05) is 6.54 Å². The molecule has 2 aromatic carbocycles. The van der Waals surface area contributed by atoms with Gasteiger partial charge in [0.15, 0.2) is 0 Å². The first-order chi connectivity index (χ1) is 12.1. The summed E-state index contributed by atoms with van der Waals surface area (Å²) >= 11 is 0. The molecule has 0 heterocycles. The van der Waals surface area contributed by atoms with Crippen LogP contribution >= 0.6 is 0 Å². The van der Waals surface area contributed by atoms with Crippen LogP contribution in [0.1, 0.15) is 48.9 Å². The Labute approximate surface area is 152 Å². The molecule has 0 radical (unpaired) electrons. The van der Waals surface area contributed by atoms with Gasteiger partial charge in [0.2, 0.25) is 5.91 Å². The number of rotatable bonds is 8. The standard InChI is InChI=1S/C22H30N2O/c1-5-17-12-14-19(15-13-17)21(24(3)4)16-23-22(25)20(6-2)18-10-8-7-9-11-18/h7-15,20-21H,5-6,16H2,1-4H3,(H,23,25). The van der Waals surface area contributed by atoms with Crippen LogP contribution in [0.25, 0.3) is 0 Å². The van der Waals surface area contributed by atoms with Gasteiger partial charge in [-0.05, 0) is 43.6 Å². The van der Waals surface area contributed by atoms with Crippen LogP contribution in [0.2, 0.25) is 0 Å². The fourth-order valence-corrected chi connectivity index (χ4v) is 3.15. The van der Waals surface area contributed by atoms with Crippen LogP contribution in [0.5, 0.6) is 0 Å². The highest BCUT2D eigenvalue weighted by atomic mass is 16.1. The van der Waals surface area contributed by atoms with Gasteiger partial charge in [0.25, 0.3) is 0 Å². The van der Waals surface area contributed by atoms with Gasteiger partial charge in [0.05, 0.1) is 12.0 Å². The van der Waals surface area contributed by atoms with Crippen LogP contribution in [-0.4, -0.2) is 31.4 Å². The fraction of sp³-hybridized carbons (Fsp3) is 0.409. The second-order valence-corrected chi connectivity index (χ2v) is 6.69. The maximum absolute atomic E-state index is 12.7. The van der Waals surface area contributed by atoms with Crippen molar-refractivity contribution in [2.75, 3.05) is 20.6 Å². The maximum atomic E-state index is 12.7. The van der Waals surface area contributed by atoms with E-state index in [4.69, 9.17) is 0 Å². The predicted octanol–water partition coefficient (Wildman–Crippen LogP) is 4.16. The van der Waals surface area contributed by atoms with Crippen molar-refractivity contribution in [1.29, 1.82) is 0 Å².